The quantitative estimate of drug-likeness (QED) is 0.516. The Balaban J connectivity index is 1.53. The predicted molar refractivity (Wildman–Crippen MR) is 115 cm³/mol. The third-order valence-electron chi connectivity index (χ3n) is 4.91. The highest BCUT2D eigenvalue weighted by Crippen LogP contribution is 2.28. The van der Waals surface area contributed by atoms with Crippen LogP contribution < -0.4 is 14.4 Å². The fourth-order valence-electron chi connectivity index (χ4n) is 3.22. The maximum Gasteiger partial charge on any atom is 0.330 e. The number of anilines is 1. The van der Waals surface area contributed by atoms with Crippen molar-refractivity contribution in [1.82, 2.24) is 4.90 Å². The van der Waals surface area contributed by atoms with E-state index in [0.717, 1.165) is 18.7 Å². The van der Waals surface area contributed by atoms with Crippen molar-refractivity contribution in [3.05, 3.63) is 60.2 Å². The van der Waals surface area contributed by atoms with Crippen LogP contribution in [-0.2, 0) is 14.3 Å². The van der Waals surface area contributed by atoms with Crippen LogP contribution >= 0.6 is 0 Å². The number of ether oxygens (including phenoxy) is 3. The van der Waals surface area contributed by atoms with Crippen molar-refractivity contribution in [3.8, 4) is 11.5 Å². The van der Waals surface area contributed by atoms with Crippen LogP contribution in [0.1, 0.15) is 5.56 Å². The largest absolute Gasteiger partial charge is 0.493 e. The Morgan fingerprint density at radius 3 is 2.37 bits per heavy atom. The van der Waals surface area contributed by atoms with Gasteiger partial charge < -0.3 is 24.0 Å². The summed E-state index contributed by atoms with van der Waals surface area (Å²) in [4.78, 5) is 27.9. The summed E-state index contributed by atoms with van der Waals surface area (Å²) in [6.45, 7) is 2.84. The van der Waals surface area contributed by atoms with Crippen molar-refractivity contribution in [2.24, 2.45) is 0 Å². The summed E-state index contributed by atoms with van der Waals surface area (Å²) in [5.41, 5.74) is 1.93. The molecule has 2 aromatic carbocycles. The van der Waals surface area contributed by atoms with Crippen LogP contribution in [0.3, 0.4) is 0 Å². The fourth-order valence-corrected chi connectivity index (χ4v) is 3.22. The van der Waals surface area contributed by atoms with E-state index >= 15 is 0 Å². The van der Waals surface area contributed by atoms with Crippen LogP contribution in [0.5, 0.6) is 11.5 Å². The highest BCUT2D eigenvalue weighted by Gasteiger charge is 2.22. The van der Waals surface area contributed by atoms with Gasteiger partial charge in [-0.15, -0.1) is 0 Å². The second kappa shape index (κ2) is 10.3. The summed E-state index contributed by atoms with van der Waals surface area (Å²) >= 11 is 0. The lowest BCUT2D eigenvalue weighted by molar-refractivity contribution is -0.135. The minimum absolute atomic E-state index is 0.0561. The average molecular weight is 410 g/mol. The summed E-state index contributed by atoms with van der Waals surface area (Å²) in [5, 5.41) is 0. The lowest BCUT2D eigenvalue weighted by atomic mass is 10.2. The monoisotopic (exact) mass is 410 g/mol. The molecule has 1 aliphatic rings. The van der Waals surface area contributed by atoms with E-state index in [4.69, 9.17) is 9.47 Å². The molecule has 158 valence electrons. The van der Waals surface area contributed by atoms with Crippen molar-refractivity contribution in [1.29, 1.82) is 0 Å². The van der Waals surface area contributed by atoms with E-state index in [1.165, 1.54) is 26.0 Å². The number of hydrogen-bond donors (Lipinski definition) is 0. The van der Waals surface area contributed by atoms with Gasteiger partial charge in [-0.2, -0.15) is 0 Å². The van der Waals surface area contributed by atoms with E-state index in [9.17, 15) is 9.59 Å². The van der Waals surface area contributed by atoms with E-state index < -0.39 is 5.97 Å². The number of esters is 1. The predicted octanol–water partition coefficient (Wildman–Crippen LogP) is 2.61. The molecule has 0 saturated carbocycles. The molecule has 0 radical (unpaired) electrons. The van der Waals surface area contributed by atoms with Crippen molar-refractivity contribution in [2.45, 2.75) is 0 Å². The molecule has 2 aromatic rings. The zero-order valence-electron chi connectivity index (χ0n) is 17.2. The van der Waals surface area contributed by atoms with Crippen LogP contribution in [0.4, 0.5) is 5.69 Å². The van der Waals surface area contributed by atoms with Crippen LogP contribution in [0.2, 0.25) is 0 Å². The Morgan fingerprint density at radius 2 is 1.70 bits per heavy atom. The van der Waals surface area contributed by atoms with E-state index in [2.05, 4.69) is 21.8 Å². The van der Waals surface area contributed by atoms with Gasteiger partial charge in [0, 0.05) is 37.9 Å². The Morgan fingerprint density at radius 1 is 0.967 bits per heavy atom. The SMILES string of the molecule is COC(=O)C=Cc1ccc(OCC(=O)N2CCN(c3ccccc3)CC2)c(OC)c1. The molecule has 7 nitrogen and oxygen atoms in total. The highest BCUT2D eigenvalue weighted by atomic mass is 16.5. The minimum atomic E-state index is -0.438. The normalized spacial score (nSPS) is 13.9. The van der Waals surface area contributed by atoms with E-state index in [0.29, 0.717) is 24.6 Å². The Kier molecular flexibility index (Phi) is 7.32. The lowest BCUT2D eigenvalue weighted by Gasteiger charge is -2.36. The number of benzene rings is 2. The van der Waals surface area contributed by atoms with Crippen molar-refractivity contribution < 1.29 is 23.8 Å². The van der Waals surface area contributed by atoms with Gasteiger partial charge in [0.15, 0.2) is 18.1 Å². The third-order valence-corrected chi connectivity index (χ3v) is 4.91. The number of methoxy groups -OCH3 is 2. The molecule has 0 unspecified atom stereocenters. The number of para-hydroxylation sites is 1. The van der Waals surface area contributed by atoms with Gasteiger partial charge >= 0.3 is 5.97 Å². The highest BCUT2D eigenvalue weighted by molar-refractivity contribution is 5.87. The first-order valence-corrected chi connectivity index (χ1v) is 9.75. The first kappa shape index (κ1) is 21.2. The first-order chi connectivity index (χ1) is 14.6. The molecule has 1 aliphatic heterocycles. The molecule has 3 rings (SSSR count). The zero-order valence-corrected chi connectivity index (χ0v) is 17.2. The molecule has 7 heteroatoms. The van der Waals surface area contributed by atoms with Gasteiger partial charge in [0.2, 0.25) is 0 Å². The molecular formula is C23H26N2O5. The molecule has 0 bridgehead atoms. The minimum Gasteiger partial charge on any atom is -0.493 e. The number of carbonyl (C=O) groups is 2. The van der Waals surface area contributed by atoms with Crippen molar-refractivity contribution >= 4 is 23.6 Å². The molecular weight excluding hydrogens is 384 g/mol. The second-order valence-electron chi connectivity index (χ2n) is 6.76. The standard InChI is InChI=1S/C23H26N2O5/c1-28-21-16-18(9-11-23(27)29-2)8-10-20(21)30-17-22(26)25-14-12-24(13-15-25)19-6-4-3-5-7-19/h3-11,16H,12-15,17H2,1-2H3. The summed E-state index contributed by atoms with van der Waals surface area (Å²) in [5.74, 6) is 0.472. The van der Waals surface area contributed by atoms with E-state index in [1.54, 1.807) is 24.3 Å². The Bertz CT molecular complexity index is 890. The van der Waals surface area contributed by atoms with Gasteiger partial charge in [0.1, 0.15) is 0 Å². The molecule has 30 heavy (non-hydrogen) atoms. The number of rotatable bonds is 7. The summed E-state index contributed by atoms with van der Waals surface area (Å²) in [6, 6.07) is 15.4. The van der Waals surface area contributed by atoms with Crippen LogP contribution in [0.15, 0.2) is 54.6 Å². The number of amides is 1. The Labute approximate surface area is 176 Å². The molecule has 0 aromatic heterocycles. The molecule has 0 atom stereocenters. The van der Waals surface area contributed by atoms with Crippen molar-refractivity contribution in [2.75, 3.05) is 51.9 Å². The molecule has 1 amide bonds. The van der Waals surface area contributed by atoms with Gasteiger partial charge in [0.25, 0.3) is 5.91 Å². The van der Waals surface area contributed by atoms with Gasteiger partial charge in [-0.3, -0.25) is 4.79 Å². The maximum absolute atomic E-state index is 12.6. The van der Waals surface area contributed by atoms with Gasteiger partial charge in [0.05, 0.1) is 14.2 Å². The molecule has 1 fully saturated rings. The fraction of sp³-hybridized carbons (Fsp3) is 0.304. The van der Waals surface area contributed by atoms with Crippen LogP contribution in [0, 0.1) is 0 Å². The maximum atomic E-state index is 12.6. The first-order valence-electron chi connectivity index (χ1n) is 9.75. The lowest BCUT2D eigenvalue weighted by Crippen LogP contribution is -2.50. The summed E-state index contributed by atoms with van der Waals surface area (Å²) in [7, 11) is 2.85. The average Bonchev–Trinajstić information content (AvgIpc) is 2.81. The zero-order chi connectivity index (χ0) is 21.3. The summed E-state index contributed by atoms with van der Waals surface area (Å²) in [6.07, 6.45) is 2.95. The number of nitrogens with zero attached hydrogens (tertiary/aromatic N) is 2. The van der Waals surface area contributed by atoms with Crippen LogP contribution in [0.25, 0.3) is 6.08 Å². The molecule has 1 saturated heterocycles. The smallest absolute Gasteiger partial charge is 0.330 e. The third kappa shape index (κ3) is 5.53. The summed E-state index contributed by atoms with van der Waals surface area (Å²) < 4.78 is 15.6. The van der Waals surface area contributed by atoms with Gasteiger partial charge in [-0.05, 0) is 35.9 Å². The number of carbonyl (C=O) groups excluding carboxylic acids is 2. The number of hydrogen-bond acceptors (Lipinski definition) is 6. The van der Waals surface area contributed by atoms with Gasteiger partial charge in [-0.25, -0.2) is 4.79 Å². The second-order valence-corrected chi connectivity index (χ2v) is 6.76. The van der Waals surface area contributed by atoms with Gasteiger partial charge in [-0.1, -0.05) is 24.3 Å². The number of piperazine rings is 1. The molecule has 0 N–H and O–H groups in total. The van der Waals surface area contributed by atoms with E-state index in [-0.39, 0.29) is 12.5 Å². The molecule has 1 heterocycles. The molecule has 0 spiro atoms. The van der Waals surface area contributed by atoms with Crippen LogP contribution in [-0.4, -0.2) is 63.8 Å². The van der Waals surface area contributed by atoms with Crippen molar-refractivity contribution in [3.63, 3.8) is 0 Å². The topological polar surface area (TPSA) is 68.3 Å². The van der Waals surface area contributed by atoms with E-state index in [1.807, 2.05) is 23.1 Å². The Hall–Kier alpha value is -3.48. The molecule has 0 aliphatic carbocycles.